The topological polar surface area (TPSA) is 123 Å². The van der Waals surface area contributed by atoms with E-state index in [1.807, 2.05) is 30.3 Å². The molecule has 10 heteroatoms. The molecule has 6 rings (SSSR count). The number of ketones is 1. The summed E-state index contributed by atoms with van der Waals surface area (Å²) in [5.74, 6) is 0.640. The zero-order valence-corrected chi connectivity index (χ0v) is 19.6. The van der Waals surface area contributed by atoms with E-state index in [0.717, 1.165) is 0 Å². The van der Waals surface area contributed by atoms with Crippen molar-refractivity contribution in [3.8, 4) is 17.7 Å². The summed E-state index contributed by atoms with van der Waals surface area (Å²) in [6, 6.07) is 14.2. The van der Waals surface area contributed by atoms with Crippen molar-refractivity contribution in [2.24, 2.45) is 0 Å². The van der Waals surface area contributed by atoms with Crippen molar-refractivity contribution in [3.05, 3.63) is 77.1 Å². The lowest BCUT2D eigenvalue weighted by atomic mass is 9.92. The molecule has 2 aromatic carbocycles. The van der Waals surface area contributed by atoms with Gasteiger partial charge < -0.3 is 25.3 Å². The minimum absolute atomic E-state index is 0.227. The lowest BCUT2D eigenvalue weighted by Crippen LogP contribution is -2.54. The maximum atomic E-state index is 13.6. The number of carbonyl (C=O) groups is 2. The normalized spacial score (nSPS) is 18.4. The molecule has 0 saturated carbocycles. The van der Waals surface area contributed by atoms with Crippen LogP contribution in [0.15, 0.2) is 60.9 Å². The maximum absolute atomic E-state index is 13.6. The highest BCUT2D eigenvalue weighted by atomic mass is 35.5. The van der Waals surface area contributed by atoms with E-state index in [1.165, 1.54) is 4.90 Å². The van der Waals surface area contributed by atoms with Crippen LogP contribution in [0.5, 0.6) is 11.5 Å². The molecule has 1 amide bonds. The van der Waals surface area contributed by atoms with Crippen LogP contribution in [0.3, 0.4) is 0 Å². The average Bonchev–Trinajstić information content (AvgIpc) is 3.51. The minimum atomic E-state index is -0.970. The fourth-order valence-electron chi connectivity index (χ4n) is 4.73. The summed E-state index contributed by atoms with van der Waals surface area (Å²) in [6.45, 7) is 0.702. The molecule has 4 heterocycles. The molecule has 1 saturated heterocycles. The van der Waals surface area contributed by atoms with Gasteiger partial charge in [0.05, 0.1) is 40.1 Å². The summed E-state index contributed by atoms with van der Waals surface area (Å²) in [6.07, 6.45) is 5.69. The number of hydrogen-bond acceptors (Lipinski definition) is 7. The second-order valence-corrected chi connectivity index (χ2v) is 9.20. The zero-order valence-electron chi connectivity index (χ0n) is 18.8. The third-order valence-electron chi connectivity index (χ3n) is 6.57. The summed E-state index contributed by atoms with van der Waals surface area (Å²) < 4.78 is 5.82. The van der Waals surface area contributed by atoms with Gasteiger partial charge >= 0.3 is 0 Å². The maximum Gasteiger partial charge on any atom is 0.252 e. The summed E-state index contributed by atoms with van der Waals surface area (Å²) in [5.41, 5.74) is 1.25. The highest BCUT2D eigenvalue weighted by Crippen LogP contribution is 2.41. The van der Waals surface area contributed by atoms with Gasteiger partial charge in [-0.1, -0.05) is 29.8 Å². The van der Waals surface area contributed by atoms with Crippen LogP contribution < -0.4 is 15.4 Å². The van der Waals surface area contributed by atoms with Gasteiger partial charge in [0, 0.05) is 24.4 Å². The van der Waals surface area contributed by atoms with Crippen LogP contribution in [0.2, 0.25) is 5.02 Å². The highest BCUT2D eigenvalue weighted by molar-refractivity contribution is 6.36. The Morgan fingerprint density at radius 3 is 2.75 bits per heavy atom. The van der Waals surface area contributed by atoms with Crippen LogP contribution in [0.1, 0.15) is 22.3 Å². The average molecular weight is 499 g/mol. The Morgan fingerprint density at radius 1 is 1.17 bits per heavy atom. The van der Waals surface area contributed by atoms with E-state index >= 15 is 0 Å². The van der Waals surface area contributed by atoms with E-state index in [4.69, 9.17) is 16.3 Å². The molecule has 36 heavy (non-hydrogen) atoms. The highest BCUT2D eigenvalue weighted by Gasteiger charge is 2.48. The first-order valence-corrected chi connectivity index (χ1v) is 11.7. The number of pyridine rings is 1. The van der Waals surface area contributed by atoms with Crippen molar-refractivity contribution < 1.29 is 14.3 Å². The SMILES string of the molecule is N#CN1CCC2(C1)Nc1c(cnc3[nH]cc(C(=O)c4ccc(Oc5ccccc5)cc4Cl)c13)NC2=O. The summed E-state index contributed by atoms with van der Waals surface area (Å²) >= 11 is 6.52. The van der Waals surface area contributed by atoms with Crippen LogP contribution in [-0.4, -0.2) is 45.2 Å². The third-order valence-corrected chi connectivity index (χ3v) is 6.88. The first kappa shape index (κ1) is 21.9. The van der Waals surface area contributed by atoms with E-state index in [9.17, 15) is 14.9 Å². The number of nitriles is 1. The molecule has 2 aromatic heterocycles. The number of amides is 1. The van der Waals surface area contributed by atoms with E-state index in [-0.39, 0.29) is 23.3 Å². The monoisotopic (exact) mass is 498 g/mol. The number of likely N-dealkylation sites (tertiary alicyclic amines) is 1. The predicted octanol–water partition coefficient (Wildman–Crippen LogP) is 4.53. The van der Waals surface area contributed by atoms with Gasteiger partial charge in [0.2, 0.25) is 0 Å². The number of para-hydroxylation sites is 1. The largest absolute Gasteiger partial charge is 0.457 e. The number of aromatic nitrogens is 2. The Kier molecular flexibility index (Phi) is 5.05. The lowest BCUT2D eigenvalue weighted by molar-refractivity contribution is -0.120. The van der Waals surface area contributed by atoms with E-state index < -0.39 is 5.54 Å². The van der Waals surface area contributed by atoms with Crippen molar-refractivity contribution in [2.45, 2.75) is 12.0 Å². The number of nitrogens with zero attached hydrogens (tertiary/aromatic N) is 3. The van der Waals surface area contributed by atoms with Crippen LogP contribution >= 0.6 is 11.6 Å². The van der Waals surface area contributed by atoms with Crippen molar-refractivity contribution in [1.29, 1.82) is 5.26 Å². The van der Waals surface area contributed by atoms with Crippen molar-refractivity contribution in [1.82, 2.24) is 14.9 Å². The molecular formula is C26H19ClN6O3. The van der Waals surface area contributed by atoms with Gasteiger partial charge in [-0.3, -0.25) is 9.59 Å². The Morgan fingerprint density at radius 2 is 2.00 bits per heavy atom. The van der Waals surface area contributed by atoms with E-state index in [1.54, 1.807) is 30.6 Å². The second-order valence-electron chi connectivity index (χ2n) is 8.79. The van der Waals surface area contributed by atoms with Gasteiger partial charge in [0.15, 0.2) is 12.0 Å². The molecular weight excluding hydrogens is 480 g/mol. The molecule has 1 atom stereocenters. The van der Waals surface area contributed by atoms with Gasteiger partial charge in [-0.05, 0) is 30.7 Å². The number of nitrogens with one attached hydrogen (secondary N) is 3. The number of aromatic amines is 1. The third kappa shape index (κ3) is 3.51. The molecule has 0 aliphatic carbocycles. The van der Waals surface area contributed by atoms with Crippen LogP contribution in [0, 0.1) is 11.5 Å². The van der Waals surface area contributed by atoms with Gasteiger partial charge in [-0.15, -0.1) is 0 Å². The Bertz CT molecular complexity index is 1580. The predicted molar refractivity (Wildman–Crippen MR) is 134 cm³/mol. The van der Waals surface area contributed by atoms with Gasteiger partial charge in [0.1, 0.15) is 22.7 Å². The molecule has 178 valence electrons. The molecule has 9 nitrogen and oxygen atoms in total. The number of H-pyrrole nitrogens is 1. The fraction of sp³-hybridized carbons (Fsp3) is 0.154. The molecule has 0 bridgehead atoms. The Balaban J connectivity index is 1.37. The Hall–Kier alpha value is -4.55. The van der Waals surface area contributed by atoms with Crippen LogP contribution in [0.25, 0.3) is 11.0 Å². The molecule has 4 aromatic rings. The molecule has 0 radical (unpaired) electrons. The second kappa shape index (κ2) is 8.29. The molecule has 1 spiro atoms. The zero-order chi connectivity index (χ0) is 24.9. The number of fused-ring (bicyclic) bond motifs is 3. The standard InChI is InChI=1S/C26H19ClN6O3/c27-19-10-16(36-15-4-2-1-3-5-15)6-7-17(19)23(34)18-11-29-24-21(18)22-20(12-30-24)31-25(35)26(32-22)8-9-33(13-26)14-28/h1-7,10-12,32H,8-9,13H2,(H,29,30)(H,31,35). The van der Waals surface area contributed by atoms with Gasteiger partial charge in [-0.2, -0.15) is 5.26 Å². The van der Waals surface area contributed by atoms with Crippen LogP contribution in [0.4, 0.5) is 11.4 Å². The van der Waals surface area contributed by atoms with Gasteiger partial charge in [-0.25, -0.2) is 4.98 Å². The van der Waals surface area contributed by atoms with Crippen molar-refractivity contribution >= 4 is 45.7 Å². The fourth-order valence-corrected chi connectivity index (χ4v) is 4.99. The number of halogens is 1. The molecule has 1 unspecified atom stereocenters. The van der Waals surface area contributed by atoms with E-state index in [0.29, 0.717) is 58.0 Å². The Labute approximate surface area is 210 Å². The number of rotatable bonds is 4. The number of benzene rings is 2. The number of anilines is 2. The van der Waals surface area contributed by atoms with Crippen molar-refractivity contribution in [3.63, 3.8) is 0 Å². The molecule has 2 aliphatic rings. The summed E-state index contributed by atoms with van der Waals surface area (Å²) in [5, 5.41) is 16.3. The van der Waals surface area contributed by atoms with Crippen LogP contribution in [-0.2, 0) is 4.79 Å². The quantitative estimate of drug-likeness (QED) is 0.279. The lowest BCUT2D eigenvalue weighted by Gasteiger charge is -2.35. The summed E-state index contributed by atoms with van der Waals surface area (Å²) in [7, 11) is 0. The number of ether oxygens (including phenoxy) is 1. The van der Waals surface area contributed by atoms with E-state index in [2.05, 4.69) is 26.8 Å². The molecule has 2 aliphatic heterocycles. The van der Waals surface area contributed by atoms with Crippen molar-refractivity contribution in [2.75, 3.05) is 23.7 Å². The molecule has 3 N–H and O–H groups in total. The number of carbonyl (C=O) groups excluding carboxylic acids is 2. The smallest absolute Gasteiger partial charge is 0.252 e. The molecule has 1 fully saturated rings. The first-order valence-electron chi connectivity index (χ1n) is 11.3. The minimum Gasteiger partial charge on any atom is -0.457 e. The number of hydrogen-bond donors (Lipinski definition) is 3. The summed E-state index contributed by atoms with van der Waals surface area (Å²) in [4.78, 5) is 35.5. The van der Waals surface area contributed by atoms with Gasteiger partial charge in [0.25, 0.3) is 5.91 Å². The first-order chi connectivity index (χ1) is 17.5.